The summed E-state index contributed by atoms with van der Waals surface area (Å²) >= 11 is 1.11. The third-order valence-electron chi connectivity index (χ3n) is 4.38. The molecule has 33 heavy (non-hydrogen) atoms. The van der Waals surface area contributed by atoms with Crippen molar-refractivity contribution >= 4 is 40.9 Å². The van der Waals surface area contributed by atoms with Crippen molar-refractivity contribution in [1.29, 1.82) is 0 Å². The molecule has 2 amide bonds. The van der Waals surface area contributed by atoms with Crippen molar-refractivity contribution in [3.63, 3.8) is 0 Å². The Morgan fingerprint density at radius 1 is 1.12 bits per heavy atom. The van der Waals surface area contributed by atoms with E-state index in [1.165, 1.54) is 42.5 Å². The molecule has 1 aromatic heterocycles. The van der Waals surface area contributed by atoms with Gasteiger partial charge in [-0.15, -0.1) is 10.2 Å². The quantitative estimate of drug-likeness (QED) is 0.241. The number of thioether (sulfide) groups is 1. The number of aromatic carboxylic acids is 1. The van der Waals surface area contributed by atoms with Crippen LogP contribution in [0.1, 0.15) is 26.5 Å². The van der Waals surface area contributed by atoms with Crippen molar-refractivity contribution in [2.24, 2.45) is 7.05 Å². The molecule has 0 fully saturated rings. The van der Waals surface area contributed by atoms with Gasteiger partial charge in [0.2, 0.25) is 5.91 Å². The molecule has 1 heterocycles. The molecule has 0 aliphatic rings. The number of carbonyl (C=O) groups excluding carboxylic acids is 2. The fourth-order valence-electron chi connectivity index (χ4n) is 2.70. The lowest BCUT2D eigenvalue weighted by Gasteiger charge is -2.07. The van der Waals surface area contributed by atoms with Gasteiger partial charge in [-0.05, 0) is 24.3 Å². The molecule has 0 spiro atoms. The first kappa shape index (κ1) is 23.4. The topological polar surface area (TPSA) is 169 Å². The van der Waals surface area contributed by atoms with Crippen LogP contribution < -0.4 is 10.6 Å². The van der Waals surface area contributed by atoms with E-state index in [-0.39, 0.29) is 35.0 Å². The van der Waals surface area contributed by atoms with Crippen molar-refractivity contribution in [2.75, 3.05) is 11.1 Å². The normalized spacial score (nSPS) is 10.5. The second kappa shape index (κ2) is 10.4. The number of hydrogen-bond donors (Lipinski definition) is 3. The number of nitrogens with one attached hydrogen (secondary N) is 2. The summed E-state index contributed by atoms with van der Waals surface area (Å²) in [6.07, 6.45) is 0. The van der Waals surface area contributed by atoms with Gasteiger partial charge in [0.25, 0.3) is 11.6 Å². The van der Waals surface area contributed by atoms with Crippen LogP contribution in [0, 0.1) is 10.1 Å². The van der Waals surface area contributed by atoms with E-state index in [1.807, 2.05) is 0 Å². The molecule has 0 aliphatic heterocycles. The molecule has 13 heteroatoms. The molecule has 3 aromatic rings. The third-order valence-corrected chi connectivity index (χ3v) is 5.40. The van der Waals surface area contributed by atoms with Gasteiger partial charge in [0, 0.05) is 30.4 Å². The minimum atomic E-state index is -1.09. The Labute approximate surface area is 191 Å². The highest BCUT2D eigenvalue weighted by Crippen LogP contribution is 2.17. The molecule has 0 aliphatic carbocycles. The highest BCUT2D eigenvalue weighted by atomic mass is 32.2. The van der Waals surface area contributed by atoms with Gasteiger partial charge in [-0.3, -0.25) is 19.7 Å². The Bertz CT molecular complexity index is 1230. The van der Waals surface area contributed by atoms with Crippen molar-refractivity contribution in [3.8, 4) is 0 Å². The molecule has 3 N–H and O–H groups in total. The monoisotopic (exact) mass is 470 g/mol. The number of nitro benzene ring substituents is 1. The molecule has 0 unspecified atom stereocenters. The number of nitro groups is 1. The summed E-state index contributed by atoms with van der Waals surface area (Å²) in [5, 5.41) is 33.5. The van der Waals surface area contributed by atoms with Crippen LogP contribution in [0.15, 0.2) is 53.7 Å². The van der Waals surface area contributed by atoms with Crippen LogP contribution in [0.4, 0.5) is 11.4 Å². The van der Waals surface area contributed by atoms with E-state index in [0.29, 0.717) is 16.7 Å². The van der Waals surface area contributed by atoms with Crippen molar-refractivity contribution < 1.29 is 24.4 Å². The number of carboxylic acid groups (broad SMARTS) is 1. The van der Waals surface area contributed by atoms with Crippen molar-refractivity contribution in [2.45, 2.75) is 11.7 Å². The molecule has 0 atom stereocenters. The average molecular weight is 470 g/mol. The predicted molar refractivity (Wildman–Crippen MR) is 118 cm³/mol. The minimum Gasteiger partial charge on any atom is -0.478 e. The predicted octanol–water partition coefficient (Wildman–Crippen LogP) is 2.08. The Hall–Kier alpha value is -4.26. The SMILES string of the molecule is Cn1c(CNC(=O)c2cccc([N+](=O)[O-])c2)nnc1SCC(=O)Nc1cccc(C(=O)O)c1. The fourth-order valence-corrected chi connectivity index (χ4v) is 3.43. The van der Waals surface area contributed by atoms with E-state index >= 15 is 0 Å². The van der Waals surface area contributed by atoms with Gasteiger partial charge >= 0.3 is 5.97 Å². The van der Waals surface area contributed by atoms with Gasteiger partial charge in [-0.1, -0.05) is 23.9 Å². The number of rotatable bonds is 9. The molecule has 0 bridgehead atoms. The van der Waals surface area contributed by atoms with Crippen LogP contribution >= 0.6 is 11.8 Å². The number of hydrogen-bond acceptors (Lipinski definition) is 8. The fraction of sp³-hybridized carbons (Fsp3) is 0.150. The maximum Gasteiger partial charge on any atom is 0.335 e. The van der Waals surface area contributed by atoms with E-state index in [9.17, 15) is 24.5 Å². The number of aromatic nitrogens is 3. The second-order valence-electron chi connectivity index (χ2n) is 6.67. The molecule has 0 saturated heterocycles. The first-order valence-corrected chi connectivity index (χ1v) is 10.4. The number of non-ortho nitro benzene ring substituents is 1. The maximum atomic E-state index is 12.3. The average Bonchev–Trinajstić information content (AvgIpc) is 3.15. The first-order valence-electron chi connectivity index (χ1n) is 9.41. The van der Waals surface area contributed by atoms with E-state index in [1.54, 1.807) is 17.7 Å². The molecular weight excluding hydrogens is 452 g/mol. The lowest BCUT2D eigenvalue weighted by Crippen LogP contribution is -2.24. The zero-order valence-electron chi connectivity index (χ0n) is 17.2. The molecule has 12 nitrogen and oxygen atoms in total. The van der Waals surface area contributed by atoms with Crippen LogP contribution in [0.3, 0.4) is 0 Å². The van der Waals surface area contributed by atoms with E-state index in [0.717, 1.165) is 11.8 Å². The molecule has 0 saturated carbocycles. The van der Waals surface area contributed by atoms with Gasteiger partial charge < -0.3 is 20.3 Å². The number of nitrogens with zero attached hydrogens (tertiary/aromatic N) is 4. The van der Waals surface area contributed by atoms with E-state index < -0.39 is 16.8 Å². The van der Waals surface area contributed by atoms with Gasteiger partial charge in [0.1, 0.15) is 0 Å². The maximum absolute atomic E-state index is 12.3. The standard InChI is InChI=1S/C20H18N6O6S/c1-25-16(10-21-18(28)12-4-3-7-15(9-12)26(31)32)23-24-20(25)33-11-17(27)22-14-6-2-5-13(8-14)19(29)30/h2-9H,10-11H2,1H3,(H,21,28)(H,22,27)(H,29,30). The summed E-state index contributed by atoms with van der Waals surface area (Å²) in [5.74, 6) is -1.52. The number of carboxylic acids is 1. The number of amides is 2. The van der Waals surface area contributed by atoms with Crippen LogP contribution in [-0.2, 0) is 18.4 Å². The lowest BCUT2D eigenvalue weighted by atomic mass is 10.2. The number of benzene rings is 2. The minimum absolute atomic E-state index is 0.00329. The molecular formula is C20H18N6O6S. The molecule has 3 rings (SSSR count). The Morgan fingerprint density at radius 2 is 1.85 bits per heavy atom. The van der Waals surface area contributed by atoms with Gasteiger partial charge in [-0.2, -0.15) is 0 Å². The Balaban J connectivity index is 1.54. The highest BCUT2D eigenvalue weighted by Gasteiger charge is 2.15. The Morgan fingerprint density at radius 3 is 2.58 bits per heavy atom. The number of carbonyl (C=O) groups is 3. The summed E-state index contributed by atoms with van der Waals surface area (Å²) < 4.78 is 1.61. The molecule has 0 radical (unpaired) electrons. The summed E-state index contributed by atoms with van der Waals surface area (Å²) in [6.45, 7) is 0.0275. The van der Waals surface area contributed by atoms with Crippen LogP contribution in [0.25, 0.3) is 0 Å². The second-order valence-corrected chi connectivity index (χ2v) is 7.61. The van der Waals surface area contributed by atoms with Crippen molar-refractivity contribution in [3.05, 3.63) is 75.6 Å². The van der Waals surface area contributed by atoms with Gasteiger partial charge in [-0.25, -0.2) is 4.79 Å². The first-order chi connectivity index (χ1) is 15.7. The van der Waals surface area contributed by atoms with Gasteiger partial charge in [0.15, 0.2) is 11.0 Å². The summed E-state index contributed by atoms with van der Waals surface area (Å²) in [4.78, 5) is 45.8. The van der Waals surface area contributed by atoms with Crippen LogP contribution in [0.5, 0.6) is 0 Å². The van der Waals surface area contributed by atoms with Crippen LogP contribution in [0.2, 0.25) is 0 Å². The Kier molecular flexibility index (Phi) is 7.35. The van der Waals surface area contributed by atoms with Gasteiger partial charge in [0.05, 0.1) is 22.8 Å². The smallest absolute Gasteiger partial charge is 0.335 e. The molecule has 2 aromatic carbocycles. The summed E-state index contributed by atoms with van der Waals surface area (Å²) in [5.41, 5.74) is 0.381. The summed E-state index contributed by atoms with van der Waals surface area (Å²) in [7, 11) is 1.67. The lowest BCUT2D eigenvalue weighted by molar-refractivity contribution is -0.384. The van der Waals surface area contributed by atoms with Crippen molar-refractivity contribution in [1.82, 2.24) is 20.1 Å². The third kappa shape index (κ3) is 6.13. The molecule has 170 valence electrons. The van der Waals surface area contributed by atoms with Crippen LogP contribution in [-0.4, -0.2) is 48.3 Å². The van der Waals surface area contributed by atoms with E-state index in [2.05, 4.69) is 20.8 Å². The summed E-state index contributed by atoms with van der Waals surface area (Å²) in [6, 6.07) is 11.3. The van der Waals surface area contributed by atoms with E-state index in [4.69, 9.17) is 5.11 Å². The largest absolute Gasteiger partial charge is 0.478 e. The highest BCUT2D eigenvalue weighted by molar-refractivity contribution is 7.99. The number of anilines is 1. The zero-order valence-corrected chi connectivity index (χ0v) is 18.0. The zero-order chi connectivity index (χ0) is 24.0.